The van der Waals surface area contributed by atoms with Crippen molar-refractivity contribution in [3.05, 3.63) is 0 Å². The molecular weight excluding hydrogens is 192 g/mol. The van der Waals surface area contributed by atoms with Crippen molar-refractivity contribution >= 4 is 18.3 Å². The van der Waals surface area contributed by atoms with Gasteiger partial charge in [0.25, 0.3) is 0 Å². The summed E-state index contributed by atoms with van der Waals surface area (Å²) in [6.45, 7) is 2.92. The van der Waals surface area contributed by atoms with Crippen molar-refractivity contribution in [2.24, 2.45) is 5.73 Å². The van der Waals surface area contributed by atoms with Gasteiger partial charge in [0.1, 0.15) is 0 Å². The van der Waals surface area contributed by atoms with Gasteiger partial charge in [0.15, 0.2) is 0 Å². The summed E-state index contributed by atoms with van der Waals surface area (Å²) in [5.74, 6) is 0.158. The first kappa shape index (κ1) is 12.7. The van der Waals surface area contributed by atoms with Gasteiger partial charge in [-0.05, 0) is 13.3 Å². The maximum Gasteiger partial charge on any atom is 0.222 e. The molecule has 0 aromatic carbocycles. The molecule has 0 spiro atoms. The summed E-state index contributed by atoms with van der Waals surface area (Å²) in [5.41, 5.74) is 5.61. The zero-order valence-electron chi connectivity index (χ0n) is 7.77. The van der Waals surface area contributed by atoms with Crippen molar-refractivity contribution in [1.29, 1.82) is 0 Å². The number of aliphatic hydroxyl groups is 1. The van der Waals surface area contributed by atoms with Gasteiger partial charge >= 0.3 is 0 Å². The van der Waals surface area contributed by atoms with Crippen LogP contribution in [0, 0.1) is 0 Å². The van der Waals surface area contributed by atoms with Gasteiger partial charge in [-0.3, -0.25) is 4.79 Å². The topological polar surface area (TPSA) is 66.6 Å². The molecule has 5 heteroatoms. The fourth-order valence-electron chi connectivity index (χ4n) is 1.30. The number of halogens is 1. The molecule has 3 N–H and O–H groups in total. The minimum atomic E-state index is -0.543. The van der Waals surface area contributed by atoms with Crippen molar-refractivity contribution in [1.82, 2.24) is 4.90 Å². The highest BCUT2D eigenvalue weighted by molar-refractivity contribution is 5.85. The number of nitrogens with two attached hydrogens (primary N) is 1. The van der Waals surface area contributed by atoms with E-state index in [9.17, 15) is 4.79 Å². The molecule has 4 nitrogen and oxygen atoms in total. The summed E-state index contributed by atoms with van der Waals surface area (Å²) in [4.78, 5) is 12.8. The Morgan fingerprint density at radius 2 is 2.31 bits per heavy atom. The molecule has 2 unspecified atom stereocenters. The SMILES string of the molecule is CC(O)C(N)CN1CCCC1=O.Cl. The van der Waals surface area contributed by atoms with E-state index < -0.39 is 6.10 Å². The van der Waals surface area contributed by atoms with Crippen molar-refractivity contribution in [3.8, 4) is 0 Å². The van der Waals surface area contributed by atoms with E-state index >= 15 is 0 Å². The molecule has 2 atom stereocenters. The fraction of sp³-hybridized carbons (Fsp3) is 0.875. The molecule has 0 bridgehead atoms. The third-order valence-electron chi connectivity index (χ3n) is 2.22. The maximum atomic E-state index is 11.1. The Bertz CT molecular complexity index is 176. The van der Waals surface area contributed by atoms with E-state index in [1.165, 1.54) is 0 Å². The number of hydrogen-bond acceptors (Lipinski definition) is 3. The maximum absolute atomic E-state index is 11.1. The Hall–Kier alpha value is -0.320. The Morgan fingerprint density at radius 3 is 2.69 bits per heavy atom. The lowest BCUT2D eigenvalue weighted by Gasteiger charge is -2.22. The van der Waals surface area contributed by atoms with E-state index in [0.717, 1.165) is 13.0 Å². The lowest BCUT2D eigenvalue weighted by Crippen LogP contribution is -2.44. The lowest BCUT2D eigenvalue weighted by atomic mass is 10.2. The quantitative estimate of drug-likeness (QED) is 0.672. The number of likely N-dealkylation sites (tertiary alicyclic amines) is 1. The van der Waals surface area contributed by atoms with Crippen molar-refractivity contribution in [2.75, 3.05) is 13.1 Å². The van der Waals surface area contributed by atoms with E-state index in [4.69, 9.17) is 10.8 Å². The molecule has 0 aromatic rings. The summed E-state index contributed by atoms with van der Waals surface area (Å²) in [6, 6.07) is -0.313. The second-order valence-corrected chi connectivity index (χ2v) is 3.35. The highest BCUT2D eigenvalue weighted by Crippen LogP contribution is 2.09. The average Bonchev–Trinajstić information content (AvgIpc) is 2.36. The van der Waals surface area contributed by atoms with Crippen LogP contribution in [-0.4, -0.2) is 41.1 Å². The number of aliphatic hydroxyl groups excluding tert-OH is 1. The fourth-order valence-corrected chi connectivity index (χ4v) is 1.30. The third-order valence-corrected chi connectivity index (χ3v) is 2.22. The molecule has 1 fully saturated rings. The van der Waals surface area contributed by atoms with Gasteiger partial charge in [0, 0.05) is 25.6 Å². The molecule has 0 aromatic heterocycles. The van der Waals surface area contributed by atoms with Crippen LogP contribution in [0.2, 0.25) is 0 Å². The zero-order chi connectivity index (χ0) is 9.14. The Labute approximate surface area is 84.5 Å². The van der Waals surface area contributed by atoms with E-state index in [-0.39, 0.29) is 24.4 Å². The molecule has 1 rings (SSSR count). The van der Waals surface area contributed by atoms with Gasteiger partial charge in [0.05, 0.1) is 6.10 Å². The second kappa shape index (κ2) is 5.42. The van der Waals surface area contributed by atoms with Crippen molar-refractivity contribution in [3.63, 3.8) is 0 Å². The van der Waals surface area contributed by atoms with Crippen LogP contribution in [0.5, 0.6) is 0 Å². The van der Waals surface area contributed by atoms with Crippen LogP contribution in [0.4, 0.5) is 0 Å². The molecule has 0 radical (unpaired) electrons. The predicted octanol–water partition coefficient (Wildman–Crippen LogP) is -0.261. The van der Waals surface area contributed by atoms with Gasteiger partial charge in [0.2, 0.25) is 5.91 Å². The van der Waals surface area contributed by atoms with Gasteiger partial charge in [-0.25, -0.2) is 0 Å². The van der Waals surface area contributed by atoms with Gasteiger partial charge in [-0.15, -0.1) is 12.4 Å². The molecule has 78 valence electrons. The first-order valence-corrected chi connectivity index (χ1v) is 4.32. The monoisotopic (exact) mass is 208 g/mol. The van der Waals surface area contributed by atoms with Crippen LogP contribution in [-0.2, 0) is 4.79 Å². The minimum Gasteiger partial charge on any atom is -0.392 e. The molecule has 1 heterocycles. The minimum absolute atomic E-state index is 0. The summed E-state index contributed by atoms with van der Waals surface area (Å²) < 4.78 is 0. The molecule has 0 aliphatic carbocycles. The number of hydrogen-bond donors (Lipinski definition) is 2. The van der Waals surface area contributed by atoms with Crippen LogP contribution >= 0.6 is 12.4 Å². The smallest absolute Gasteiger partial charge is 0.222 e. The first-order chi connectivity index (χ1) is 5.61. The highest BCUT2D eigenvalue weighted by atomic mass is 35.5. The average molecular weight is 209 g/mol. The number of rotatable bonds is 3. The standard InChI is InChI=1S/C8H16N2O2.ClH/c1-6(11)7(9)5-10-4-2-3-8(10)12;/h6-7,11H,2-5,9H2,1H3;1H. The third kappa shape index (κ3) is 3.50. The largest absolute Gasteiger partial charge is 0.392 e. The van der Waals surface area contributed by atoms with E-state index in [0.29, 0.717) is 13.0 Å². The van der Waals surface area contributed by atoms with Gasteiger partial charge in [-0.1, -0.05) is 0 Å². The van der Waals surface area contributed by atoms with Crippen molar-refractivity contribution < 1.29 is 9.90 Å². The molecule has 1 saturated heterocycles. The van der Waals surface area contributed by atoms with Gasteiger partial charge in [-0.2, -0.15) is 0 Å². The van der Waals surface area contributed by atoms with Crippen LogP contribution in [0.15, 0.2) is 0 Å². The van der Waals surface area contributed by atoms with Crippen LogP contribution in [0.1, 0.15) is 19.8 Å². The van der Waals surface area contributed by atoms with E-state index in [1.807, 2.05) is 0 Å². The zero-order valence-corrected chi connectivity index (χ0v) is 8.59. The molecule has 1 aliphatic heterocycles. The Morgan fingerprint density at radius 1 is 1.69 bits per heavy atom. The van der Waals surface area contributed by atoms with E-state index in [2.05, 4.69) is 0 Å². The van der Waals surface area contributed by atoms with Crippen LogP contribution < -0.4 is 5.73 Å². The molecule has 13 heavy (non-hydrogen) atoms. The first-order valence-electron chi connectivity index (χ1n) is 4.32. The summed E-state index contributed by atoms with van der Waals surface area (Å²) in [7, 11) is 0. The Balaban J connectivity index is 0.00000144. The number of nitrogens with zero attached hydrogens (tertiary/aromatic N) is 1. The van der Waals surface area contributed by atoms with E-state index in [1.54, 1.807) is 11.8 Å². The highest BCUT2D eigenvalue weighted by Gasteiger charge is 2.23. The number of amides is 1. The van der Waals surface area contributed by atoms with Gasteiger partial charge < -0.3 is 15.7 Å². The summed E-state index contributed by atoms with van der Waals surface area (Å²) >= 11 is 0. The summed E-state index contributed by atoms with van der Waals surface area (Å²) in [6.07, 6.45) is 1.01. The molecule has 1 amide bonds. The normalized spacial score (nSPS) is 21.2. The van der Waals surface area contributed by atoms with Crippen LogP contribution in [0.25, 0.3) is 0 Å². The number of carbonyl (C=O) groups excluding carboxylic acids is 1. The lowest BCUT2D eigenvalue weighted by molar-refractivity contribution is -0.128. The van der Waals surface area contributed by atoms with Crippen molar-refractivity contribution in [2.45, 2.75) is 31.9 Å². The molecular formula is C8H17ClN2O2. The van der Waals surface area contributed by atoms with Crippen LogP contribution in [0.3, 0.4) is 0 Å². The summed E-state index contributed by atoms with van der Waals surface area (Å²) in [5, 5.41) is 9.10. The molecule has 1 aliphatic rings. The number of carbonyl (C=O) groups is 1. The second-order valence-electron chi connectivity index (χ2n) is 3.35. The predicted molar refractivity (Wildman–Crippen MR) is 52.7 cm³/mol. The molecule has 0 saturated carbocycles. The Kier molecular flexibility index (Phi) is 5.29.